The van der Waals surface area contributed by atoms with E-state index in [1.165, 1.54) is 0 Å². The van der Waals surface area contributed by atoms with Crippen molar-refractivity contribution in [3.63, 3.8) is 0 Å². The molecule has 0 bridgehead atoms. The van der Waals surface area contributed by atoms with Gasteiger partial charge in [0.1, 0.15) is 11.5 Å². The van der Waals surface area contributed by atoms with Crippen LogP contribution in [-0.4, -0.2) is 5.84 Å². The van der Waals surface area contributed by atoms with Crippen molar-refractivity contribution in [2.24, 2.45) is 16.0 Å². The van der Waals surface area contributed by atoms with Crippen molar-refractivity contribution in [2.75, 3.05) is 0 Å². The minimum Gasteiger partial charge on any atom is -0.382 e. The minimum atomic E-state index is -0.0290. The Balaban J connectivity index is 2.55. The molecule has 1 aliphatic carbocycles. The fraction of sp³-hybridized carbons (Fsp3) is 0. The van der Waals surface area contributed by atoms with E-state index in [1.54, 1.807) is 0 Å². The van der Waals surface area contributed by atoms with Crippen LogP contribution >= 0.6 is 0 Å². The van der Waals surface area contributed by atoms with Crippen LogP contribution in [-0.2, 0) is 0 Å². The first-order valence-electron chi connectivity index (χ1n) is 3.18. The van der Waals surface area contributed by atoms with Gasteiger partial charge in [-0.1, -0.05) is 12.2 Å². The van der Waals surface area contributed by atoms with E-state index in [4.69, 9.17) is 11.1 Å². The molecular formula is C7H6N4. The van der Waals surface area contributed by atoms with E-state index in [0.717, 1.165) is 11.3 Å². The number of hydrogen-bond acceptors (Lipinski definition) is 3. The number of nitrogens with zero attached hydrogens (tertiary/aromatic N) is 2. The second-order valence-electron chi connectivity index (χ2n) is 2.29. The maximum Gasteiger partial charge on any atom is 0.144 e. The molecule has 3 N–H and O–H groups in total. The van der Waals surface area contributed by atoms with Gasteiger partial charge in [-0.25, -0.2) is 0 Å². The van der Waals surface area contributed by atoms with Crippen molar-refractivity contribution in [1.82, 2.24) is 0 Å². The van der Waals surface area contributed by atoms with E-state index in [-0.39, 0.29) is 5.84 Å². The van der Waals surface area contributed by atoms with Gasteiger partial charge in [0.2, 0.25) is 0 Å². The number of azo groups is 1. The summed E-state index contributed by atoms with van der Waals surface area (Å²) in [6.07, 6.45) is 5.56. The molecule has 4 heteroatoms. The SMILES string of the molecule is N=C(N)C1=C2C=CC=C2N=N1. The summed E-state index contributed by atoms with van der Waals surface area (Å²) >= 11 is 0. The number of fused-ring (bicyclic) bond motifs is 1. The van der Waals surface area contributed by atoms with Gasteiger partial charge in [-0.05, 0) is 6.08 Å². The Bertz CT molecular complexity index is 343. The van der Waals surface area contributed by atoms with Crippen molar-refractivity contribution in [3.05, 3.63) is 35.2 Å². The Kier molecular flexibility index (Phi) is 1.03. The third-order valence-corrected chi connectivity index (χ3v) is 1.56. The Morgan fingerprint density at radius 3 is 3.00 bits per heavy atom. The second kappa shape index (κ2) is 1.88. The lowest BCUT2D eigenvalue weighted by Gasteiger charge is -1.93. The van der Waals surface area contributed by atoms with Crippen LogP contribution in [0.5, 0.6) is 0 Å². The van der Waals surface area contributed by atoms with Crippen molar-refractivity contribution >= 4 is 5.84 Å². The van der Waals surface area contributed by atoms with Crippen LogP contribution in [0.1, 0.15) is 0 Å². The van der Waals surface area contributed by atoms with Gasteiger partial charge >= 0.3 is 0 Å². The molecule has 0 unspecified atom stereocenters. The van der Waals surface area contributed by atoms with Crippen LogP contribution in [0.15, 0.2) is 45.4 Å². The largest absolute Gasteiger partial charge is 0.382 e. The molecule has 0 aromatic carbocycles. The first-order chi connectivity index (χ1) is 5.29. The van der Waals surface area contributed by atoms with Gasteiger partial charge in [0, 0.05) is 5.57 Å². The third kappa shape index (κ3) is 0.724. The number of allylic oxidation sites excluding steroid dienone is 3. The second-order valence-corrected chi connectivity index (χ2v) is 2.29. The van der Waals surface area contributed by atoms with E-state index >= 15 is 0 Å². The quantitative estimate of drug-likeness (QED) is 0.421. The zero-order valence-electron chi connectivity index (χ0n) is 5.70. The highest BCUT2D eigenvalue weighted by molar-refractivity contribution is 5.96. The molecule has 1 aliphatic heterocycles. The standard InChI is InChI=1S/C7H6N4/c8-7(9)6-4-2-1-3-5(4)10-11-6/h1-3H,(H3,8,9). The molecule has 1 heterocycles. The molecular weight excluding hydrogens is 140 g/mol. The maximum absolute atomic E-state index is 7.15. The van der Waals surface area contributed by atoms with Crippen LogP contribution < -0.4 is 5.73 Å². The molecule has 2 aliphatic rings. The highest BCUT2D eigenvalue weighted by Crippen LogP contribution is 2.29. The topological polar surface area (TPSA) is 74.6 Å². The molecule has 4 nitrogen and oxygen atoms in total. The Morgan fingerprint density at radius 2 is 2.27 bits per heavy atom. The maximum atomic E-state index is 7.15. The molecule has 2 rings (SSSR count). The Hall–Kier alpha value is -1.71. The summed E-state index contributed by atoms with van der Waals surface area (Å²) in [6.45, 7) is 0. The normalized spacial score (nSPS) is 19.1. The van der Waals surface area contributed by atoms with Gasteiger partial charge in [0.05, 0.1) is 5.70 Å². The zero-order valence-corrected chi connectivity index (χ0v) is 5.70. The number of rotatable bonds is 1. The molecule has 0 aromatic heterocycles. The average Bonchev–Trinajstić information content (AvgIpc) is 2.41. The van der Waals surface area contributed by atoms with Gasteiger partial charge in [-0.2, -0.15) is 0 Å². The monoisotopic (exact) mass is 146 g/mol. The molecule has 0 saturated heterocycles. The van der Waals surface area contributed by atoms with Gasteiger partial charge in [0.25, 0.3) is 0 Å². The van der Waals surface area contributed by atoms with E-state index < -0.39 is 0 Å². The molecule has 0 saturated carbocycles. The van der Waals surface area contributed by atoms with Crippen LogP contribution in [0.3, 0.4) is 0 Å². The third-order valence-electron chi connectivity index (χ3n) is 1.56. The summed E-state index contributed by atoms with van der Waals surface area (Å²) in [5.74, 6) is -0.0290. The molecule has 11 heavy (non-hydrogen) atoms. The first-order valence-corrected chi connectivity index (χ1v) is 3.18. The summed E-state index contributed by atoms with van der Waals surface area (Å²) in [6, 6.07) is 0. The van der Waals surface area contributed by atoms with Crippen LogP contribution in [0.25, 0.3) is 0 Å². The Morgan fingerprint density at radius 1 is 1.45 bits per heavy atom. The first kappa shape index (κ1) is 6.03. The summed E-state index contributed by atoms with van der Waals surface area (Å²) in [7, 11) is 0. The van der Waals surface area contributed by atoms with Crippen LogP contribution in [0.2, 0.25) is 0 Å². The van der Waals surface area contributed by atoms with Crippen LogP contribution in [0, 0.1) is 5.41 Å². The molecule has 0 fully saturated rings. The average molecular weight is 146 g/mol. The zero-order chi connectivity index (χ0) is 7.84. The fourth-order valence-electron chi connectivity index (χ4n) is 1.05. The highest BCUT2D eigenvalue weighted by Gasteiger charge is 2.19. The van der Waals surface area contributed by atoms with Gasteiger partial charge in [-0.3, -0.25) is 5.41 Å². The fourth-order valence-corrected chi connectivity index (χ4v) is 1.05. The molecule has 0 radical (unpaired) electrons. The predicted octanol–water partition coefficient (Wildman–Crippen LogP) is 1.10. The number of hydrogen-bond donors (Lipinski definition) is 2. The van der Waals surface area contributed by atoms with Gasteiger partial charge in [-0.15, -0.1) is 10.2 Å². The lowest BCUT2D eigenvalue weighted by molar-refractivity contribution is 1.20. The summed E-state index contributed by atoms with van der Waals surface area (Å²) < 4.78 is 0. The smallest absolute Gasteiger partial charge is 0.144 e. The predicted molar refractivity (Wildman–Crippen MR) is 41.0 cm³/mol. The van der Waals surface area contributed by atoms with Crippen LogP contribution in [0.4, 0.5) is 0 Å². The van der Waals surface area contributed by atoms with Crippen molar-refractivity contribution in [1.29, 1.82) is 5.41 Å². The Labute approximate surface area is 63.3 Å². The summed E-state index contributed by atoms with van der Waals surface area (Å²) in [5, 5.41) is 14.7. The van der Waals surface area contributed by atoms with E-state index in [0.29, 0.717) is 5.70 Å². The molecule has 0 amide bonds. The minimum absolute atomic E-state index is 0.0290. The van der Waals surface area contributed by atoms with Crippen molar-refractivity contribution in [3.8, 4) is 0 Å². The number of amidine groups is 1. The van der Waals surface area contributed by atoms with Crippen molar-refractivity contribution in [2.45, 2.75) is 0 Å². The lowest BCUT2D eigenvalue weighted by Crippen LogP contribution is -2.11. The molecule has 0 spiro atoms. The summed E-state index contributed by atoms with van der Waals surface area (Å²) in [4.78, 5) is 0. The highest BCUT2D eigenvalue weighted by atomic mass is 15.2. The molecule has 0 atom stereocenters. The van der Waals surface area contributed by atoms with Crippen molar-refractivity contribution < 1.29 is 0 Å². The molecule has 0 aromatic rings. The van der Waals surface area contributed by atoms with E-state index in [2.05, 4.69) is 10.2 Å². The lowest BCUT2D eigenvalue weighted by atomic mass is 10.2. The summed E-state index contributed by atoms with van der Waals surface area (Å²) in [5.41, 5.74) is 7.40. The molecule has 54 valence electrons. The van der Waals surface area contributed by atoms with E-state index in [1.807, 2.05) is 18.2 Å². The number of nitrogens with one attached hydrogen (secondary N) is 1. The number of nitrogens with two attached hydrogens (primary N) is 1. The van der Waals surface area contributed by atoms with Gasteiger partial charge < -0.3 is 5.73 Å². The van der Waals surface area contributed by atoms with E-state index in [9.17, 15) is 0 Å². The van der Waals surface area contributed by atoms with Gasteiger partial charge in [0.15, 0.2) is 0 Å².